The summed E-state index contributed by atoms with van der Waals surface area (Å²) in [6.07, 6.45) is 0.962. The number of rotatable bonds is 6. The molecule has 0 bridgehead atoms. The van der Waals surface area contributed by atoms with Crippen molar-refractivity contribution in [3.63, 3.8) is 0 Å². The van der Waals surface area contributed by atoms with E-state index in [2.05, 4.69) is 17.9 Å². The lowest BCUT2D eigenvalue weighted by Gasteiger charge is -2.08. The highest BCUT2D eigenvalue weighted by Gasteiger charge is 2.05. The van der Waals surface area contributed by atoms with Crippen LogP contribution in [0, 0.1) is 0 Å². The van der Waals surface area contributed by atoms with Crippen molar-refractivity contribution >= 4 is 47.4 Å². The smallest absolute Gasteiger partial charge is 0.224 e. The van der Waals surface area contributed by atoms with E-state index in [4.69, 9.17) is 27.9 Å². The SMILES string of the molecule is O=C(CCCOc1ccc(Cl)cc1Cl)Nc1ccc(S)cc1. The van der Waals surface area contributed by atoms with Crippen LogP contribution < -0.4 is 10.1 Å². The number of anilines is 1. The molecule has 2 aromatic carbocycles. The van der Waals surface area contributed by atoms with E-state index in [1.54, 1.807) is 18.2 Å². The number of carbonyl (C=O) groups excluding carboxylic acids is 1. The number of hydrogen-bond acceptors (Lipinski definition) is 3. The molecule has 116 valence electrons. The Balaban J connectivity index is 1.72. The summed E-state index contributed by atoms with van der Waals surface area (Å²) in [5.74, 6) is 0.508. The third-order valence-corrected chi connectivity index (χ3v) is 3.68. The minimum absolute atomic E-state index is 0.0577. The molecule has 0 heterocycles. The van der Waals surface area contributed by atoms with Crippen molar-refractivity contribution in [3.05, 3.63) is 52.5 Å². The quantitative estimate of drug-likeness (QED) is 0.560. The minimum Gasteiger partial charge on any atom is -0.492 e. The summed E-state index contributed by atoms with van der Waals surface area (Å²) in [5.41, 5.74) is 0.754. The molecule has 1 amide bonds. The number of benzene rings is 2. The van der Waals surface area contributed by atoms with Gasteiger partial charge >= 0.3 is 0 Å². The summed E-state index contributed by atoms with van der Waals surface area (Å²) in [7, 11) is 0. The first-order chi connectivity index (χ1) is 10.5. The zero-order valence-corrected chi connectivity index (χ0v) is 14.1. The number of carbonyl (C=O) groups is 1. The van der Waals surface area contributed by atoms with E-state index < -0.39 is 0 Å². The van der Waals surface area contributed by atoms with Gasteiger partial charge in [-0.3, -0.25) is 4.79 Å². The molecule has 0 spiro atoms. The third kappa shape index (κ3) is 5.44. The fourth-order valence-electron chi connectivity index (χ4n) is 1.78. The van der Waals surface area contributed by atoms with E-state index in [-0.39, 0.29) is 5.91 Å². The first-order valence-corrected chi connectivity index (χ1v) is 7.91. The first kappa shape index (κ1) is 17.0. The van der Waals surface area contributed by atoms with Crippen molar-refractivity contribution in [2.24, 2.45) is 0 Å². The van der Waals surface area contributed by atoms with Crippen LogP contribution in [0.4, 0.5) is 5.69 Å². The summed E-state index contributed by atoms with van der Waals surface area (Å²) in [4.78, 5) is 12.6. The van der Waals surface area contributed by atoms with Gasteiger partial charge in [-0.05, 0) is 48.9 Å². The molecule has 0 aliphatic rings. The molecule has 0 saturated heterocycles. The maximum Gasteiger partial charge on any atom is 0.224 e. The molecule has 22 heavy (non-hydrogen) atoms. The average molecular weight is 356 g/mol. The standard InChI is InChI=1S/C16H15Cl2NO2S/c17-11-3-8-15(14(18)10-11)21-9-1-2-16(20)19-12-4-6-13(22)7-5-12/h3-8,10,22H,1-2,9H2,(H,19,20). The van der Waals surface area contributed by atoms with Crippen LogP contribution in [0.3, 0.4) is 0 Å². The normalized spacial score (nSPS) is 10.3. The Morgan fingerprint density at radius 3 is 2.55 bits per heavy atom. The monoisotopic (exact) mass is 355 g/mol. The largest absolute Gasteiger partial charge is 0.492 e. The second kappa shape index (κ2) is 8.32. The molecular weight excluding hydrogens is 341 g/mol. The molecule has 0 atom stereocenters. The molecule has 2 rings (SSSR count). The lowest BCUT2D eigenvalue weighted by atomic mass is 10.2. The molecule has 0 radical (unpaired) electrons. The highest BCUT2D eigenvalue weighted by molar-refractivity contribution is 7.80. The number of thiol groups is 1. The van der Waals surface area contributed by atoms with Gasteiger partial charge in [-0.1, -0.05) is 23.2 Å². The zero-order chi connectivity index (χ0) is 15.9. The fraction of sp³-hybridized carbons (Fsp3) is 0.188. The van der Waals surface area contributed by atoms with Gasteiger partial charge in [0.1, 0.15) is 5.75 Å². The molecule has 0 aliphatic heterocycles. The van der Waals surface area contributed by atoms with Gasteiger partial charge in [-0.2, -0.15) is 0 Å². The summed E-state index contributed by atoms with van der Waals surface area (Å²) in [5, 5.41) is 3.84. The summed E-state index contributed by atoms with van der Waals surface area (Å²) in [6.45, 7) is 0.407. The molecule has 1 N–H and O–H groups in total. The number of halogens is 2. The van der Waals surface area contributed by atoms with Gasteiger partial charge in [-0.15, -0.1) is 12.6 Å². The highest BCUT2D eigenvalue weighted by atomic mass is 35.5. The van der Waals surface area contributed by atoms with E-state index in [0.717, 1.165) is 10.6 Å². The molecule has 0 aromatic heterocycles. The second-order valence-corrected chi connectivity index (χ2v) is 5.98. The van der Waals surface area contributed by atoms with E-state index in [1.807, 2.05) is 24.3 Å². The van der Waals surface area contributed by atoms with E-state index in [1.165, 1.54) is 0 Å². The third-order valence-electron chi connectivity index (χ3n) is 2.85. The fourth-order valence-corrected chi connectivity index (χ4v) is 2.39. The second-order valence-electron chi connectivity index (χ2n) is 4.62. The van der Waals surface area contributed by atoms with Gasteiger partial charge < -0.3 is 10.1 Å². The number of nitrogens with one attached hydrogen (secondary N) is 1. The van der Waals surface area contributed by atoms with Gasteiger partial charge in [0.2, 0.25) is 5.91 Å². The van der Waals surface area contributed by atoms with Crippen molar-refractivity contribution in [2.45, 2.75) is 17.7 Å². The lowest BCUT2D eigenvalue weighted by molar-refractivity contribution is -0.116. The lowest BCUT2D eigenvalue weighted by Crippen LogP contribution is -2.12. The Bertz CT molecular complexity index is 647. The molecule has 3 nitrogen and oxygen atoms in total. The highest BCUT2D eigenvalue weighted by Crippen LogP contribution is 2.27. The average Bonchev–Trinajstić information content (AvgIpc) is 2.48. The number of ether oxygens (including phenoxy) is 1. The molecule has 0 fully saturated rings. The Morgan fingerprint density at radius 2 is 1.86 bits per heavy atom. The van der Waals surface area contributed by atoms with Crippen LogP contribution in [0.5, 0.6) is 5.75 Å². The van der Waals surface area contributed by atoms with Crippen molar-refractivity contribution in [2.75, 3.05) is 11.9 Å². The van der Waals surface area contributed by atoms with Gasteiger partial charge in [0, 0.05) is 22.0 Å². The van der Waals surface area contributed by atoms with Gasteiger partial charge in [-0.25, -0.2) is 0 Å². The van der Waals surface area contributed by atoms with Crippen LogP contribution in [-0.4, -0.2) is 12.5 Å². The zero-order valence-electron chi connectivity index (χ0n) is 11.7. The van der Waals surface area contributed by atoms with Crippen LogP contribution in [0.15, 0.2) is 47.4 Å². The molecular formula is C16H15Cl2NO2S. The van der Waals surface area contributed by atoms with Crippen LogP contribution in [0.1, 0.15) is 12.8 Å². The summed E-state index contributed by atoms with van der Waals surface area (Å²) >= 11 is 16.0. The Hall–Kier alpha value is -1.36. The number of hydrogen-bond donors (Lipinski definition) is 2. The Kier molecular flexibility index (Phi) is 6.43. The molecule has 6 heteroatoms. The van der Waals surface area contributed by atoms with Crippen LogP contribution in [0.25, 0.3) is 0 Å². The molecule has 2 aromatic rings. The van der Waals surface area contributed by atoms with Gasteiger partial charge in [0.15, 0.2) is 0 Å². The van der Waals surface area contributed by atoms with Crippen molar-refractivity contribution in [1.29, 1.82) is 0 Å². The molecule has 0 saturated carbocycles. The number of amides is 1. The van der Waals surface area contributed by atoms with Crippen molar-refractivity contribution in [3.8, 4) is 5.75 Å². The van der Waals surface area contributed by atoms with Gasteiger partial charge in [0.05, 0.1) is 11.6 Å². The minimum atomic E-state index is -0.0577. The summed E-state index contributed by atoms with van der Waals surface area (Å²) < 4.78 is 5.53. The first-order valence-electron chi connectivity index (χ1n) is 6.71. The Labute approximate surface area is 145 Å². The predicted octanol–water partition coefficient (Wildman–Crippen LogP) is 5.08. The van der Waals surface area contributed by atoms with E-state index in [9.17, 15) is 4.79 Å². The summed E-state index contributed by atoms with van der Waals surface area (Å²) in [6, 6.07) is 12.3. The molecule has 0 unspecified atom stereocenters. The van der Waals surface area contributed by atoms with Crippen molar-refractivity contribution < 1.29 is 9.53 Å². The van der Waals surface area contributed by atoms with E-state index in [0.29, 0.717) is 35.2 Å². The van der Waals surface area contributed by atoms with Gasteiger partial charge in [0.25, 0.3) is 0 Å². The molecule has 0 aliphatic carbocycles. The maximum atomic E-state index is 11.8. The predicted molar refractivity (Wildman–Crippen MR) is 93.5 cm³/mol. The van der Waals surface area contributed by atoms with Crippen molar-refractivity contribution in [1.82, 2.24) is 0 Å². The Morgan fingerprint density at radius 1 is 1.14 bits per heavy atom. The van der Waals surface area contributed by atoms with Crippen LogP contribution in [-0.2, 0) is 4.79 Å². The van der Waals surface area contributed by atoms with Crippen LogP contribution >= 0.6 is 35.8 Å². The van der Waals surface area contributed by atoms with Crippen LogP contribution in [0.2, 0.25) is 10.0 Å². The van der Waals surface area contributed by atoms with E-state index >= 15 is 0 Å². The topological polar surface area (TPSA) is 38.3 Å². The maximum absolute atomic E-state index is 11.8.